The quantitative estimate of drug-likeness (QED) is 0.673. The average Bonchev–Trinajstić information content (AvgIpc) is 2.61. The molecule has 0 atom stereocenters. The fourth-order valence-corrected chi connectivity index (χ4v) is 3.97. The Hall–Kier alpha value is -1.72. The van der Waals surface area contributed by atoms with Crippen LogP contribution in [-0.2, 0) is 11.2 Å². The van der Waals surface area contributed by atoms with Crippen LogP contribution in [0.15, 0.2) is 29.2 Å². The highest BCUT2D eigenvalue weighted by atomic mass is 35.5. The van der Waals surface area contributed by atoms with Gasteiger partial charge in [-0.25, -0.2) is 4.39 Å². The fraction of sp³-hybridized carbons (Fsp3) is 0.350. The third-order valence-electron chi connectivity index (χ3n) is 4.28. The molecule has 2 rings (SSSR count). The summed E-state index contributed by atoms with van der Waals surface area (Å²) in [6.45, 7) is 5.72. The van der Waals surface area contributed by atoms with Crippen LogP contribution in [0.1, 0.15) is 42.0 Å². The lowest BCUT2D eigenvalue weighted by atomic mass is 9.95. The van der Waals surface area contributed by atoms with Gasteiger partial charge in [0, 0.05) is 17.0 Å². The molecule has 0 saturated carbocycles. The Balaban J connectivity index is 2.32. The molecule has 0 aliphatic carbocycles. The van der Waals surface area contributed by atoms with E-state index in [0.717, 1.165) is 22.9 Å². The number of thioether (sulfide) groups is 1. The number of aromatic hydroxyl groups is 1. The summed E-state index contributed by atoms with van der Waals surface area (Å²) in [5.74, 6) is 0.0716. The zero-order valence-electron chi connectivity index (χ0n) is 15.3. The van der Waals surface area contributed by atoms with Crippen molar-refractivity contribution in [3.63, 3.8) is 0 Å². The van der Waals surface area contributed by atoms with E-state index in [2.05, 4.69) is 5.32 Å². The lowest BCUT2D eigenvalue weighted by Crippen LogP contribution is -2.19. The van der Waals surface area contributed by atoms with Crippen LogP contribution in [0.25, 0.3) is 0 Å². The second-order valence-corrected chi connectivity index (χ2v) is 7.88. The van der Waals surface area contributed by atoms with Crippen LogP contribution in [0.4, 0.5) is 4.39 Å². The molecule has 1 amide bonds. The van der Waals surface area contributed by atoms with Crippen molar-refractivity contribution in [2.24, 2.45) is 0 Å². The minimum Gasteiger partial charge on any atom is -0.508 e. The maximum Gasteiger partial charge on any atom is 0.230 e. The molecule has 0 aliphatic heterocycles. The summed E-state index contributed by atoms with van der Waals surface area (Å²) >= 11 is 7.54. The summed E-state index contributed by atoms with van der Waals surface area (Å²) < 4.78 is 14.7. The first-order chi connectivity index (χ1) is 12.2. The predicted molar refractivity (Wildman–Crippen MR) is 106 cm³/mol. The van der Waals surface area contributed by atoms with Gasteiger partial charge in [0.05, 0.1) is 5.75 Å². The van der Waals surface area contributed by atoms with E-state index in [4.69, 9.17) is 11.6 Å². The molecule has 0 saturated heterocycles. The standard InChI is InChI=1S/C20H23ClFNO2S/c1-11(2)14-7-13(5-6-17(14)24)8-15-12(3)20(22)18(9-16(15)21)26-10-19(25)23-4/h5-7,9,11,24H,8,10H2,1-4H3,(H,23,25). The zero-order valence-corrected chi connectivity index (χ0v) is 16.9. The maximum atomic E-state index is 14.7. The first-order valence-corrected chi connectivity index (χ1v) is 9.73. The molecule has 0 radical (unpaired) electrons. The first kappa shape index (κ1) is 20.6. The maximum absolute atomic E-state index is 14.7. The Kier molecular flexibility index (Phi) is 6.95. The molecule has 0 bridgehead atoms. The van der Waals surface area contributed by atoms with Gasteiger partial charge >= 0.3 is 0 Å². The molecule has 0 aromatic heterocycles. The second-order valence-electron chi connectivity index (χ2n) is 6.46. The fourth-order valence-electron chi connectivity index (χ4n) is 2.68. The molecule has 0 heterocycles. The predicted octanol–water partition coefficient (Wildman–Crippen LogP) is 5.05. The molecule has 2 N–H and O–H groups in total. The molecular weight excluding hydrogens is 373 g/mol. The van der Waals surface area contributed by atoms with Crippen molar-refractivity contribution in [3.8, 4) is 5.75 Å². The van der Waals surface area contributed by atoms with Crippen molar-refractivity contribution in [2.45, 2.75) is 38.0 Å². The van der Waals surface area contributed by atoms with Crippen LogP contribution in [0.2, 0.25) is 5.02 Å². The molecule has 0 fully saturated rings. The average molecular weight is 396 g/mol. The number of phenolic OH excluding ortho intramolecular Hbond substituents is 1. The van der Waals surface area contributed by atoms with Crippen molar-refractivity contribution < 1.29 is 14.3 Å². The second kappa shape index (κ2) is 8.78. The van der Waals surface area contributed by atoms with Crippen molar-refractivity contribution >= 4 is 29.3 Å². The normalized spacial score (nSPS) is 11.0. The smallest absolute Gasteiger partial charge is 0.230 e. The first-order valence-electron chi connectivity index (χ1n) is 8.37. The number of nitrogens with one attached hydrogen (secondary N) is 1. The van der Waals surface area contributed by atoms with Crippen LogP contribution in [-0.4, -0.2) is 23.8 Å². The monoisotopic (exact) mass is 395 g/mol. The summed E-state index contributed by atoms with van der Waals surface area (Å²) in [6, 6.07) is 7.00. The van der Waals surface area contributed by atoms with Gasteiger partial charge in [0.1, 0.15) is 11.6 Å². The summed E-state index contributed by atoms with van der Waals surface area (Å²) in [4.78, 5) is 11.7. The molecule has 0 unspecified atom stereocenters. The lowest BCUT2D eigenvalue weighted by Gasteiger charge is -2.15. The lowest BCUT2D eigenvalue weighted by molar-refractivity contribution is -0.118. The van der Waals surface area contributed by atoms with Gasteiger partial charge in [-0.15, -0.1) is 11.8 Å². The van der Waals surface area contributed by atoms with Gasteiger partial charge in [-0.05, 0) is 53.6 Å². The number of benzene rings is 2. The molecule has 0 spiro atoms. The molecule has 140 valence electrons. The Morgan fingerprint density at radius 2 is 2.04 bits per heavy atom. The third kappa shape index (κ3) is 4.71. The van der Waals surface area contributed by atoms with E-state index < -0.39 is 0 Å². The molecule has 2 aromatic rings. The van der Waals surface area contributed by atoms with E-state index in [9.17, 15) is 14.3 Å². The van der Waals surface area contributed by atoms with Crippen molar-refractivity contribution in [1.82, 2.24) is 5.32 Å². The largest absolute Gasteiger partial charge is 0.508 e. The Labute approximate surface area is 163 Å². The van der Waals surface area contributed by atoms with Crippen LogP contribution in [0.5, 0.6) is 5.75 Å². The van der Waals surface area contributed by atoms with E-state index in [-0.39, 0.29) is 29.1 Å². The Morgan fingerprint density at radius 1 is 1.35 bits per heavy atom. The van der Waals surface area contributed by atoms with E-state index >= 15 is 0 Å². The minimum absolute atomic E-state index is 0.137. The van der Waals surface area contributed by atoms with E-state index in [1.165, 1.54) is 0 Å². The highest BCUT2D eigenvalue weighted by Crippen LogP contribution is 2.34. The van der Waals surface area contributed by atoms with Crippen molar-refractivity contribution in [1.29, 1.82) is 0 Å². The number of hydrogen-bond donors (Lipinski definition) is 2. The van der Waals surface area contributed by atoms with Crippen LogP contribution < -0.4 is 5.32 Å². The molecule has 26 heavy (non-hydrogen) atoms. The highest BCUT2D eigenvalue weighted by Gasteiger charge is 2.17. The topological polar surface area (TPSA) is 49.3 Å². The van der Waals surface area contributed by atoms with Gasteiger partial charge in [0.2, 0.25) is 5.91 Å². The summed E-state index contributed by atoms with van der Waals surface area (Å²) in [5.41, 5.74) is 3.01. The number of carbonyl (C=O) groups excluding carboxylic acids is 1. The van der Waals surface area contributed by atoms with Gasteiger partial charge in [-0.3, -0.25) is 4.79 Å². The van der Waals surface area contributed by atoms with Gasteiger partial charge in [-0.2, -0.15) is 0 Å². The molecule has 0 aliphatic rings. The van der Waals surface area contributed by atoms with E-state index in [1.807, 2.05) is 26.0 Å². The molecule has 3 nitrogen and oxygen atoms in total. The number of carbonyl (C=O) groups is 1. The summed E-state index contributed by atoms with van der Waals surface area (Å²) in [7, 11) is 1.55. The highest BCUT2D eigenvalue weighted by molar-refractivity contribution is 8.00. The van der Waals surface area contributed by atoms with Crippen LogP contribution in [0, 0.1) is 12.7 Å². The van der Waals surface area contributed by atoms with Gasteiger partial charge in [-0.1, -0.05) is 37.6 Å². The molecular formula is C20H23ClFNO2S. The van der Waals surface area contributed by atoms with E-state index in [1.54, 1.807) is 26.1 Å². The van der Waals surface area contributed by atoms with Gasteiger partial charge in [0.15, 0.2) is 0 Å². The number of amides is 1. The number of hydrogen-bond acceptors (Lipinski definition) is 3. The minimum atomic E-state index is -0.346. The van der Waals surface area contributed by atoms with Crippen LogP contribution in [0.3, 0.4) is 0 Å². The molecule has 6 heteroatoms. The number of phenols is 1. The van der Waals surface area contributed by atoms with Crippen molar-refractivity contribution in [2.75, 3.05) is 12.8 Å². The Bertz CT molecular complexity index is 824. The van der Waals surface area contributed by atoms with Gasteiger partial charge < -0.3 is 10.4 Å². The van der Waals surface area contributed by atoms with Crippen LogP contribution >= 0.6 is 23.4 Å². The number of halogens is 2. The van der Waals surface area contributed by atoms with Crippen molar-refractivity contribution in [3.05, 3.63) is 57.4 Å². The zero-order chi connectivity index (χ0) is 19.4. The molecule has 2 aromatic carbocycles. The van der Waals surface area contributed by atoms with Gasteiger partial charge in [0.25, 0.3) is 0 Å². The third-order valence-corrected chi connectivity index (χ3v) is 5.63. The summed E-state index contributed by atoms with van der Waals surface area (Å²) in [6.07, 6.45) is 0.474. The Morgan fingerprint density at radius 3 is 2.65 bits per heavy atom. The summed E-state index contributed by atoms with van der Waals surface area (Å²) in [5, 5.41) is 12.9. The number of rotatable bonds is 6. The SMILES string of the molecule is CNC(=O)CSc1cc(Cl)c(Cc2ccc(O)c(C(C)C)c2)c(C)c1F. The van der Waals surface area contributed by atoms with E-state index in [0.29, 0.717) is 27.5 Å².